The Kier molecular flexibility index (Phi) is 4.84. The van der Waals surface area contributed by atoms with Crippen LogP contribution in [-0.2, 0) is 9.53 Å². The van der Waals surface area contributed by atoms with E-state index in [1.165, 1.54) is 6.92 Å². The molecule has 1 heterocycles. The quantitative estimate of drug-likeness (QED) is 0.718. The second-order valence-electron chi connectivity index (χ2n) is 5.99. The van der Waals surface area contributed by atoms with E-state index in [-0.39, 0.29) is 5.56 Å². The van der Waals surface area contributed by atoms with E-state index in [2.05, 4.69) is 5.10 Å². The lowest BCUT2D eigenvalue weighted by Crippen LogP contribution is -2.30. The number of nitrogens with zero attached hydrogens (tertiary/aromatic N) is 2. The molecule has 6 heteroatoms. The standard InChI is InChI=1S/C20H19N3O3/c1-13-8-10-16(11-9-13)23-12-17(20(25)26-14(2)19(21)24)18(22-23)15-6-4-3-5-7-15/h3-12,14H,1-2H3,(H2,21,24). The van der Waals surface area contributed by atoms with Crippen LogP contribution in [0.5, 0.6) is 0 Å². The van der Waals surface area contributed by atoms with Crippen molar-refractivity contribution in [1.29, 1.82) is 0 Å². The van der Waals surface area contributed by atoms with Crippen LogP contribution in [0.15, 0.2) is 60.8 Å². The molecule has 3 aromatic rings. The van der Waals surface area contributed by atoms with Gasteiger partial charge in [-0.3, -0.25) is 4.79 Å². The second-order valence-corrected chi connectivity index (χ2v) is 5.99. The first kappa shape index (κ1) is 17.4. The maximum Gasteiger partial charge on any atom is 0.342 e. The molecule has 2 N–H and O–H groups in total. The average molecular weight is 349 g/mol. The van der Waals surface area contributed by atoms with E-state index in [1.807, 2.05) is 61.5 Å². The fourth-order valence-corrected chi connectivity index (χ4v) is 2.44. The molecule has 26 heavy (non-hydrogen) atoms. The van der Waals surface area contributed by atoms with Gasteiger partial charge in [-0.1, -0.05) is 48.0 Å². The molecule has 6 nitrogen and oxygen atoms in total. The van der Waals surface area contributed by atoms with Crippen LogP contribution in [0.3, 0.4) is 0 Å². The molecule has 1 amide bonds. The van der Waals surface area contributed by atoms with Crippen molar-refractivity contribution in [3.63, 3.8) is 0 Å². The molecule has 0 saturated carbocycles. The summed E-state index contributed by atoms with van der Waals surface area (Å²) in [4.78, 5) is 23.8. The summed E-state index contributed by atoms with van der Waals surface area (Å²) in [5, 5.41) is 4.55. The number of hydrogen-bond acceptors (Lipinski definition) is 4. The molecule has 132 valence electrons. The summed E-state index contributed by atoms with van der Waals surface area (Å²) in [6.07, 6.45) is 0.581. The lowest BCUT2D eigenvalue weighted by molar-refractivity contribution is -0.125. The molecule has 1 unspecified atom stereocenters. The maximum atomic E-state index is 12.6. The lowest BCUT2D eigenvalue weighted by atomic mass is 10.1. The smallest absolute Gasteiger partial charge is 0.342 e. The van der Waals surface area contributed by atoms with Crippen LogP contribution in [0.1, 0.15) is 22.8 Å². The number of rotatable bonds is 5. The predicted molar refractivity (Wildman–Crippen MR) is 97.8 cm³/mol. The van der Waals surface area contributed by atoms with Crippen molar-refractivity contribution in [2.75, 3.05) is 0 Å². The molecule has 0 fully saturated rings. The Balaban J connectivity index is 2.05. The van der Waals surface area contributed by atoms with Crippen LogP contribution in [0.4, 0.5) is 0 Å². The van der Waals surface area contributed by atoms with Crippen molar-refractivity contribution in [3.8, 4) is 16.9 Å². The molecule has 0 spiro atoms. The summed E-state index contributed by atoms with van der Waals surface area (Å²) < 4.78 is 6.78. The van der Waals surface area contributed by atoms with Gasteiger partial charge in [-0.05, 0) is 26.0 Å². The van der Waals surface area contributed by atoms with Crippen LogP contribution in [0.2, 0.25) is 0 Å². The van der Waals surface area contributed by atoms with E-state index < -0.39 is 18.0 Å². The monoisotopic (exact) mass is 349 g/mol. The second kappa shape index (κ2) is 7.23. The Morgan fingerprint density at radius 1 is 1.08 bits per heavy atom. The van der Waals surface area contributed by atoms with Crippen molar-refractivity contribution in [1.82, 2.24) is 9.78 Å². The summed E-state index contributed by atoms with van der Waals surface area (Å²) >= 11 is 0. The molecule has 1 aromatic heterocycles. The van der Waals surface area contributed by atoms with Gasteiger partial charge >= 0.3 is 5.97 Å². The first-order valence-corrected chi connectivity index (χ1v) is 8.18. The molecule has 0 saturated heterocycles. The summed E-state index contributed by atoms with van der Waals surface area (Å²) in [6, 6.07) is 17.1. The van der Waals surface area contributed by atoms with Gasteiger partial charge in [0.2, 0.25) is 0 Å². The fourth-order valence-electron chi connectivity index (χ4n) is 2.44. The Morgan fingerprint density at radius 2 is 1.73 bits per heavy atom. The zero-order valence-corrected chi connectivity index (χ0v) is 14.5. The van der Waals surface area contributed by atoms with Gasteiger partial charge < -0.3 is 10.5 Å². The highest BCUT2D eigenvalue weighted by atomic mass is 16.5. The number of nitrogens with two attached hydrogens (primary N) is 1. The predicted octanol–water partition coefficient (Wildman–Crippen LogP) is 2.88. The van der Waals surface area contributed by atoms with Crippen molar-refractivity contribution in [2.45, 2.75) is 20.0 Å². The number of benzene rings is 2. The van der Waals surface area contributed by atoms with Crippen molar-refractivity contribution >= 4 is 11.9 Å². The number of aryl methyl sites for hydroxylation is 1. The molecular formula is C20H19N3O3. The van der Waals surface area contributed by atoms with Gasteiger partial charge in [0.1, 0.15) is 11.3 Å². The Hall–Kier alpha value is -3.41. The first-order chi connectivity index (χ1) is 12.5. The van der Waals surface area contributed by atoms with E-state index in [4.69, 9.17) is 10.5 Å². The number of carbonyl (C=O) groups excluding carboxylic acids is 2. The third-order valence-electron chi connectivity index (χ3n) is 3.96. The van der Waals surface area contributed by atoms with Crippen LogP contribution < -0.4 is 5.73 Å². The van der Waals surface area contributed by atoms with Crippen LogP contribution in [-0.4, -0.2) is 27.8 Å². The number of amides is 1. The van der Waals surface area contributed by atoms with E-state index in [0.717, 1.165) is 16.8 Å². The molecule has 0 radical (unpaired) electrons. The summed E-state index contributed by atoms with van der Waals surface area (Å²) in [7, 11) is 0. The van der Waals surface area contributed by atoms with Crippen molar-refractivity contribution in [2.24, 2.45) is 5.73 Å². The van der Waals surface area contributed by atoms with E-state index in [9.17, 15) is 9.59 Å². The van der Waals surface area contributed by atoms with Gasteiger partial charge in [-0.2, -0.15) is 5.10 Å². The Morgan fingerprint density at radius 3 is 2.35 bits per heavy atom. The maximum absolute atomic E-state index is 12.6. The summed E-state index contributed by atoms with van der Waals surface area (Å²) in [6.45, 7) is 3.43. The van der Waals surface area contributed by atoms with Crippen LogP contribution >= 0.6 is 0 Å². The van der Waals surface area contributed by atoms with Crippen molar-refractivity contribution in [3.05, 3.63) is 71.9 Å². The zero-order valence-electron chi connectivity index (χ0n) is 14.5. The van der Waals surface area contributed by atoms with E-state index in [0.29, 0.717) is 5.69 Å². The Bertz CT molecular complexity index is 931. The molecule has 3 rings (SSSR count). The molecular weight excluding hydrogens is 330 g/mol. The largest absolute Gasteiger partial charge is 0.449 e. The van der Waals surface area contributed by atoms with Gasteiger partial charge in [0.25, 0.3) is 5.91 Å². The number of carbonyl (C=O) groups is 2. The van der Waals surface area contributed by atoms with Crippen LogP contribution in [0.25, 0.3) is 16.9 Å². The first-order valence-electron chi connectivity index (χ1n) is 8.18. The van der Waals surface area contributed by atoms with Crippen molar-refractivity contribution < 1.29 is 14.3 Å². The molecule has 0 aliphatic heterocycles. The average Bonchev–Trinajstić information content (AvgIpc) is 3.08. The van der Waals surface area contributed by atoms with Gasteiger partial charge in [0.15, 0.2) is 6.10 Å². The number of ether oxygens (including phenoxy) is 1. The SMILES string of the molecule is Cc1ccc(-n2cc(C(=O)OC(C)C(N)=O)c(-c3ccccc3)n2)cc1. The van der Waals surface area contributed by atoms with Gasteiger partial charge in [-0.25, -0.2) is 9.48 Å². The van der Waals surface area contributed by atoms with Gasteiger partial charge in [0, 0.05) is 11.8 Å². The van der Waals surface area contributed by atoms with Gasteiger partial charge in [-0.15, -0.1) is 0 Å². The highest BCUT2D eigenvalue weighted by Gasteiger charge is 2.23. The number of aromatic nitrogens is 2. The number of esters is 1. The molecule has 2 aromatic carbocycles. The lowest BCUT2D eigenvalue weighted by Gasteiger charge is -2.09. The highest BCUT2D eigenvalue weighted by Crippen LogP contribution is 2.24. The normalized spacial score (nSPS) is 11.8. The number of hydrogen-bond donors (Lipinski definition) is 1. The van der Waals surface area contributed by atoms with Crippen LogP contribution in [0, 0.1) is 6.92 Å². The van der Waals surface area contributed by atoms with E-state index >= 15 is 0 Å². The highest BCUT2D eigenvalue weighted by molar-refractivity contribution is 5.97. The van der Waals surface area contributed by atoms with Gasteiger partial charge in [0.05, 0.1) is 5.69 Å². The summed E-state index contributed by atoms with van der Waals surface area (Å²) in [5.74, 6) is -1.35. The Labute approximate surface area is 151 Å². The summed E-state index contributed by atoms with van der Waals surface area (Å²) in [5.41, 5.74) is 8.65. The molecule has 0 aliphatic carbocycles. The van der Waals surface area contributed by atoms with E-state index in [1.54, 1.807) is 10.9 Å². The third kappa shape index (κ3) is 3.64. The zero-order chi connectivity index (χ0) is 18.7. The topological polar surface area (TPSA) is 87.2 Å². The minimum absolute atomic E-state index is 0.268. The fraction of sp³-hybridized carbons (Fsp3) is 0.150. The third-order valence-corrected chi connectivity index (χ3v) is 3.96. The number of primary amides is 1. The minimum Gasteiger partial charge on any atom is -0.449 e. The minimum atomic E-state index is -1.02. The molecule has 0 aliphatic rings. The molecule has 0 bridgehead atoms. The molecule has 1 atom stereocenters.